The van der Waals surface area contributed by atoms with Gasteiger partial charge in [-0.25, -0.2) is 0 Å². The van der Waals surface area contributed by atoms with Gasteiger partial charge in [-0.15, -0.1) is 0 Å². The first-order valence-electron chi connectivity index (χ1n) is 5.63. The van der Waals surface area contributed by atoms with Crippen molar-refractivity contribution >= 4 is 16.8 Å². The standard InChI is InChI=1S/C14H16N2O/c1-8-4-9(2)14-10(3)6-11(7-13(15)17)16-12(14)5-8/h4-6H,7H2,1-3H3,(H2,15,17). The number of nitrogens with two attached hydrogens (primary N) is 1. The molecule has 17 heavy (non-hydrogen) atoms. The molecule has 1 aromatic carbocycles. The normalized spacial score (nSPS) is 10.8. The first-order chi connectivity index (χ1) is 7.97. The maximum Gasteiger partial charge on any atom is 0.223 e. The summed E-state index contributed by atoms with van der Waals surface area (Å²) in [5.41, 5.74) is 10.4. The molecule has 2 aromatic rings. The third-order valence-corrected chi connectivity index (χ3v) is 2.86. The molecule has 2 rings (SSSR count). The number of carbonyl (C=O) groups is 1. The van der Waals surface area contributed by atoms with Gasteiger partial charge >= 0.3 is 0 Å². The zero-order valence-corrected chi connectivity index (χ0v) is 10.4. The van der Waals surface area contributed by atoms with Crippen molar-refractivity contribution in [2.45, 2.75) is 27.2 Å². The van der Waals surface area contributed by atoms with Crippen molar-refractivity contribution in [1.29, 1.82) is 0 Å². The SMILES string of the molecule is Cc1cc(C)c2c(C)cc(CC(N)=O)nc2c1. The van der Waals surface area contributed by atoms with Gasteiger partial charge in [-0.3, -0.25) is 9.78 Å². The Hall–Kier alpha value is -1.90. The zero-order chi connectivity index (χ0) is 12.6. The van der Waals surface area contributed by atoms with Crippen LogP contribution in [0, 0.1) is 20.8 Å². The first kappa shape index (κ1) is 11.6. The van der Waals surface area contributed by atoms with Crippen LogP contribution >= 0.6 is 0 Å². The highest BCUT2D eigenvalue weighted by atomic mass is 16.1. The minimum absolute atomic E-state index is 0.198. The van der Waals surface area contributed by atoms with Crippen LogP contribution in [0.2, 0.25) is 0 Å². The maximum atomic E-state index is 10.9. The largest absolute Gasteiger partial charge is 0.369 e. The van der Waals surface area contributed by atoms with Crippen molar-refractivity contribution in [2.75, 3.05) is 0 Å². The van der Waals surface area contributed by atoms with E-state index in [0.29, 0.717) is 0 Å². The fourth-order valence-corrected chi connectivity index (χ4v) is 2.32. The third kappa shape index (κ3) is 2.28. The van der Waals surface area contributed by atoms with Crippen LogP contribution in [0.5, 0.6) is 0 Å². The second-order valence-electron chi connectivity index (χ2n) is 4.55. The van der Waals surface area contributed by atoms with E-state index in [1.54, 1.807) is 0 Å². The molecule has 0 spiro atoms. The van der Waals surface area contributed by atoms with Gasteiger partial charge in [-0.05, 0) is 49.6 Å². The number of aromatic nitrogens is 1. The van der Waals surface area contributed by atoms with Crippen molar-refractivity contribution in [3.63, 3.8) is 0 Å². The Morgan fingerprint density at radius 3 is 2.47 bits per heavy atom. The van der Waals surface area contributed by atoms with Gasteiger partial charge in [0.2, 0.25) is 5.91 Å². The minimum atomic E-state index is -0.347. The van der Waals surface area contributed by atoms with E-state index in [9.17, 15) is 4.79 Å². The van der Waals surface area contributed by atoms with Gasteiger partial charge in [0, 0.05) is 5.39 Å². The molecule has 1 amide bonds. The molecule has 0 saturated heterocycles. The highest BCUT2D eigenvalue weighted by Crippen LogP contribution is 2.23. The summed E-state index contributed by atoms with van der Waals surface area (Å²) in [6.45, 7) is 6.17. The van der Waals surface area contributed by atoms with E-state index < -0.39 is 0 Å². The Labute approximate surface area is 101 Å². The molecule has 0 atom stereocenters. The van der Waals surface area contributed by atoms with Gasteiger partial charge in [0.1, 0.15) is 0 Å². The summed E-state index contributed by atoms with van der Waals surface area (Å²) in [5.74, 6) is -0.347. The number of pyridine rings is 1. The number of amides is 1. The summed E-state index contributed by atoms with van der Waals surface area (Å²) >= 11 is 0. The van der Waals surface area contributed by atoms with Gasteiger partial charge in [0.05, 0.1) is 17.6 Å². The molecule has 0 radical (unpaired) electrons. The van der Waals surface area contributed by atoms with Crippen LogP contribution in [0.4, 0.5) is 0 Å². The van der Waals surface area contributed by atoms with Gasteiger partial charge in [-0.1, -0.05) is 6.07 Å². The quantitative estimate of drug-likeness (QED) is 0.856. The summed E-state index contributed by atoms with van der Waals surface area (Å²) in [5, 5.41) is 1.17. The molecule has 0 aliphatic carbocycles. The minimum Gasteiger partial charge on any atom is -0.369 e. The van der Waals surface area contributed by atoms with E-state index >= 15 is 0 Å². The van der Waals surface area contributed by atoms with Gasteiger partial charge in [-0.2, -0.15) is 0 Å². The van der Waals surface area contributed by atoms with E-state index in [0.717, 1.165) is 16.8 Å². The third-order valence-electron chi connectivity index (χ3n) is 2.86. The molecule has 3 heteroatoms. The Morgan fingerprint density at radius 1 is 1.18 bits per heavy atom. The Balaban J connectivity index is 2.68. The molecule has 0 aliphatic rings. The Kier molecular flexibility index (Phi) is 2.84. The molecule has 0 saturated carbocycles. The number of aryl methyl sites for hydroxylation is 3. The van der Waals surface area contributed by atoms with E-state index in [1.165, 1.54) is 16.5 Å². The van der Waals surface area contributed by atoms with Crippen LogP contribution in [0.1, 0.15) is 22.4 Å². The molecule has 0 unspecified atom stereocenters. The van der Waals surface area contributed by atoms with Gasteiger partial charge < -0.3 is 5.73 Å². The summed E-state index contributed by atoms with van der Waals surface area (Å²) in [7, 11) is 0. The summed E-state index contributed by atoms with van der Waals surface area (Å²) in [6.07, 6.45) is 0.198. The predicted molar refractivity (Wildman–Crippen MR) is 68.9 cm³/mol. The van der Waals surface area contributed by atoms with Gasteiger partial charge in [0.15, 0.2) is 0 Å². The first-order valence-corrected chi connectivity index (χ1v) is 5.63. The van der Waals surface area contributed by atoms with E-state index in [-0.39, 0.29) is 12.3 Å². The van der Waals surface area contributed by atoms with E-state index in [1.807, 2.05) is 26.0 Å². The summed E-state index contributed by atoms with van der Waals surface area (Å²) in [6, 6.07) is 6.13. The highest BCUT2D eigenvalue weighted by Gasteiger charge is 2.07. The monoisotopic (exact) mass is 228 g/mol. The molecule has 2 N–H and O–H groups in total. The van der Waals surface area contributed by atoms with Crippen LogP contribution in [0.15, 0.2) is 18.2 Å². The number of nitrogens with zero attached hydrogens (tertiary/aromatic N) is 1. The highest BCUT2D eigenvalue weighted by molar-refractivity contribution is 5.87. The van der Waals surface area contributed by atoms with Crippen molar-refractivity contribution in [3.05, 3.63) is 40.6 Å². The molecular weight excluding hydrogens is 212 g/mol. The molecule has 0 aliphatic heterocycles. The number of hydrogen-bond acceptors (Lipinski definition) is 2. The van der Waals surface area contributed by atoms with Crippen molar-refractivity contribution < 1.29 is 4.79 Å². The van der Waals surface area contributed by atoms with Crippen LogP contribution < -0.4 is 5.73 Å². The van der Waals surface area contributed by atoms with Crippen LogP contribution in [0.3, 0.4) is 0 Å². The fourth-order valence-electron chi connectivity index (χ4n) is 2.32. The maximum absolute atomic E-state index is 10.9. The molecule has 0 bridgehead atoms. The average Bonchev–Trinajstić information content (AvgIpc) is 2.13. The number of carbonyl (C=O) groups excluding carboxylic acids is 1. The smallest absolute Gasteiger partial charge is 0.223 e. The fraction of sp³-hybridized carbons (Fsp3) is 0.286. The lowest BCUT2D eigenvalue weighted by Gasteiger charge is -2.09. The molecule has 3 nitrogen and oxygen atoms in total. The number of hydrogen-bond donors (Lipinski definition) is 1. The molecule has 88 valence electrons. The number of fused-ring (bicyclic) bond motifs is 1. The molecule has 1 heterocycles. The number of primary amides is 1. The topological polar surface area (TPSA) is 56.0 Å². The lowest BCUT2D eigenvalue weighted by Crippen LogP contribution is -2.14. The second kappa shape index (κ2) is 4.17. The predicted octanol–water partition coefficient (Wildman–Crippen LogP) is 2.19. The molecule has 1 aromatic heterocycles. The average molecular weight is 228 g/mol. The molecular formula is C14H16N2O. The number of benzene rings is 1. The van der Waals surface area contributed by atoms with Crippen LogP contribution in [-0.4, -0.2) is 10.9 Å². The van der Waals surface area contributed by atoms with Crippen molar-refractivity contribution in [1.82, 2.24) is 4.98 Å². The summed E-state index contributed by atoms with van der Waals surface area (Å²) < 4.78 is 0. The summed E-state index contributed by atoms with van der Waals surface area (Å²) in [4.78, 5) is 15.4. The Morgan fingerprint density at radius 2 is 1.82 bits per heavy atom. The van der Waals surface area contributed by atoms with E-state index in [4.69, 9.17) is 5.73 Å². The lowest BCUT2D eigenvalue weighted by atomic mass is 10.0. The van der Waals surface area contributed by atoms with Crippen LogP contribution in [-0.2, 0) is 11.2 Å². The zero-order valence-electron chi connectivity index (χ0n) is 10.4. The second-order valence-corrected chi connectivity index (χ2v) is 4.55. The van der Waals surface area contributed by atoms with Crippen molar-refractivity contribution in [2.24, 2.45) is 5.73 Å². The van der Waals surface area contributed by atoms with Crippen LogP contribution in [0.25, 0.3) is 10.9 Å². The number of rotatable bonds is 2. The molecule has 0 fully saturated rings. The van der Waals surface area contributed by atoms with Gasteiger partial charge in [0.25, 0.3) is 0 Å². The van der Waals surface area contributed by atoms with E-state index in [2.05, 4.69) is 18.0 Å². The van der Waals surface area contributed by atoms with Crippen molar-refractivity contribution in [3.8, 4) is 0 Å². The Bertz CT molecular complexity index is 603. The lowest BCUT2D eigenvalue weighted by molar-refractivity contribution is -0.117.